The minimum Gasteiger partial charge on any atom is -1.00 e. The molecule has 0 atom stereocenters. The number of Topliss-reactive ketones (excluding diaryl/α,β-unsaturated/α-hetero) is 1. The predicted octanol–water partition coefficient (Wildman–Crippen LogP) is 0.284. The maximum absolute atomic E-state index is 10.1. The first-order valence-corrected chi connectivity index (χ1v) is 2.34. The van der Waals surface area contributed by atoms with Gasteiger partial charge in [-0.3, -0.25) is 4.79 Å². The number of rotatable bonds is 3. The number of carboxylic acid groups (broad SMARTS) is 1. The second-order valence-corrected chi connectivity index (χ2v) is 1.60. The molecule has 0 unspecified atom stereocenters. The van der Waals surface area contributed by atoms with Crippen LogP contribution in [-0.4, -0.2) is 39.9 Å². The van der Waals surface area contributed by atoms with E-state index >= 15 is 0 Å². The molecule has 0 aromatic carbocycles. The van der Waals surface area contributed by atoms with Gasteiger partial charge in [-0.15, -0.1) is 0 Å². The average Bonchev–Trinajstić information content (AvgIpc) is 1.61. The third kappa shape index (κ3) is 11.5. The predicted molar refractivity (Wildman–Crippen MR) is 35.5 cm³/mol. The smallest absolute Gasteiger partial charge is 1.00 e. The van der Waals surface area contributed by atoms with Crippen molar-refractivity contribution in [2.75, 3.05) is 0 Å². The molecule has 0 heterocycles. The van der Waals surface area contributed by atoms with Gasteiger partial charge in [0.05, 0.1) is 6.42 Å². The zero-order chi connectivity index (χ0) is 6.57. The Balaban J connectivity index is -0.0000000817. The molecule has 0 aliphatic rings. The second kappa shape index (κ2) is 6.03. The van der Waals surface area contributed by atoms with Gasteiger partial charge in [0, 0.05) is 6.42 Å². The molecule has 4 heteroatoms. The van der Waals surface area contributed by atoms with E-state index in [1.165, 1.54) is 6.92 Å². The molecule has 0 fully saturated rings. The molecule has 3 nitrogen and oxygen atoms in total. The monoisotopic (exact) mass is 142 g/mol. The van der Waals surface area contributed by atoms with Crippen LogP contribution in [0.1, 0.15) is 22.6 Å². The van der Waals surface area contributed by atoms with E-state index in [4.69, 9.17) is 5.11 Å². The standard InChI is InChI=1S/C5H8O3.Mg.2H/c1-4(6)2-3-5(7)8;;;/h2-3H2,1H3,(H,7,8);;;/q;+2;2*-1. The van der Waals surface area contributed by atoms with Gasteiger partial charge >= 0.3 is 29.0 Å². The SMILES string of the molecule is CC(=O)CCC(=O)O.[H-].[H-].[Mg+2]. The normalized spacial score (nSPS) is 7.67. The Morgan fingerprint density at radius 1 is 1.44 bits per heavy atom. The van der Waals surface area contributed by atoms with Gasteiger partial charge in [0.15, 0.2) is 0 Å². The fourth-order valence-corrected chi connectivity index (χ4v) is 0.283. The van der Waals surface area contributed by atoms with Gasteiger partial charge in [-0.05, 0) is 6.92 Å². The Kier molecular flexibility index (Phi) is 7.82. The Morgan fingerprint density at radius 3 is 2.00 bits per heavy atom. The third-order valence-corrected chi connectivity index (χ3v) is 0.691. The summed E-state index contributed by atoms with van der Waals surface area (Å²) in [5, 5.41) is 8.01. The Labute approximate surface area is 72.6 Å². The minimum atomic E-state index is -0.916. The molecule has 0 spiro atoms. The molecule has 0 aliphatic heterocycles. The third-order valence-electron chi connectivity index (χ3n) is 0.691. The van der Waals surface area contributed by atoms with Crippen LogP contribution in [0.2, 0.25) is 0 Å². The zero-order valence-corrected chi connectivity index (χ0v) is 6.80. The molecular weight excluding hydrogens is 132 g/mol. The fraction of sp³-hybridized carbons (Fsp3) is 0.600. The van der Waals surface area contributed by atoms with Gasteiger partial charge < -0.3 is 12.8 Å². The van der Waals surface area contributed by atoms with E-state index in [1.54, 1.807) is 0 Å². The summed E-state index contributed by atoms with van der Waals surface area (Å²) in [5.74, 6) is -0.993. The van der Waals surface area contributed by atoms with Gasteiger partial charge in [-0.25, -0.2) is 0 Å². The topological polar surface area (TPSA) is 54.4 Å². The van der Waals surface area contributed by atoms with Crippen LogP contribution in [0.15, 0.2) is 0 Å². The van der Waals surface area contributed by atoms with Gasteiger partial charge in [0.2, 0.25) is 0 Å². The number of aliphatic carboxylic acids is 1. The number of hydrogen-bond donors (Lipinski definition) is 1. The second-order valence-electron chi connectivity index (χ2n) is 1.60. The molecule has 0 saturated carbocycles. The summed E-state index contributed by atoms with van der Waals surface area (Å²) in [6.45, 7) is 1.38. The van der Waals surface area contributed by atoms with E-state index in [1.807, 2.05) is 0 Å². The number of ketones is 1. The van der Waals surface area contributed by atoms with E-state index in [9.17, 15) is 9.59 Å². The number of carboxylic acids is 1. The molecule has 0 aromatic heterocycles. The molecule has 9 heavy (non-hydrogen) atoms. The van der Waals surface area contributed by atoms with Crippen LogP contribution in [0.5, 0.6) is 0 Å². The number of hydrogen-bond acceptors (Lipinski definition) is 2. The van der Waals surface area contributed by atoms with Crippen molar-refractivity contribution in [3.63, 3.8) is 0 Å². The van der Waals surface area contributed by atoms with Gasteiger partial charge in [-0.1, -0.05) is 0 Å². The van der Waals surface area contributed by atoms with Crippen molar-refractivity contribution in [3.8, 4) is 0 Å². The van der Waals surface area contributed by atoms with E-state index in [2.05, 4.69) is 0 Å². The summed E-state index contributed by atoms with van der Waals surface area (Å²) in [6, 6.07) is 0. The van der Waals surface area contributed by atoms with Crippen molar-refractivity contribution in [2.24, 2.45) is 0 Å². The summed E-state index contributed by atoms with van der Waals surface area (Å²) < 4.78 is 0. The van der Waals surface area contributed by atoms with Gasteiger partial charge in [0.25, 0.3) is 0 Å². The average molecular weight is 142 g/mol. The van der Waals surface area contributed by atoms with E-state index in [0.717, 1.165) is 0 Å². The first-order chi connectivity index (χ1) is 3.63. The molecule has 0 aliphatic carbocycles. The Morgan fingerprint density at radius 2 is 1.89 bits per heavy atom. The van der Waals surface area contributed by atoms with Crippen LogP contribution in [0.25, 0.3) is 0 Å². The molecule has 50 valence electrons. The molecule has 0 radical (unpaired) electrons. The van der Waals surface area contributed by atoms with E-state index < -0.39 is 5.97 Å². The molecule has 0 aromatic rings. The first kappa shape index (κ1) is 11.7. The van der Waals surface area contributed by atoms with Crippen molar-refractivity contribution in [3.05, 3.63) is 0 Å². The number of carbonyl (C=O) groups excluding carboxylic acids is 1. The van der Waals surface area contributed by atoms with Crippen molar-refractivity contribution in [2.45, 2.75) is 19.8 Å². The summed E-state index contributed by atoms with van der Waals surface area (Å²) in [6.07, 6.45) is 0.102. The largest absolute Gasteiger partial charge is 2.00 e. The maximum atomic E-state index is 10.1. The zero-order valence-electron chi connectivity index (χ0n) is 7.39. The van der Waals surface area contributed by atoms with Crippen molar-refractivity contribution in [1.29, 1.82) is 0 Å². The fourth-order valence-electron chi connectivity index (χ4n) is 0.283. The van der Waals surface area contributed by atoms with Gasteiger partial charge in [-0.2, -0.15) is 0 Å². The Bertz CT molecular complexity index is 104. The summed E-state index contributed by atoms with van der Waals surface area (Å²) in [4.78, 5) is 19.8. The van der Waals surface area contributed by atoms with Crippen LogP contribution in [-0.2, 0) is 9.59 Å². The molecule has 0 saturated heterocycles. The van der Waals surface area contributed by atoms with Crippen LogP contribution >= 0.6 is 0 Å². The van der Waals surface area contributed by atoms with Crippen molar-refractivity contribution >= 4 is 34.8 Å². The minimum absolute atomic E-state index is 0. The van der Waals surface area contributed by atoms with E-state index in [-0.39, 0.29) is 44.5 Å². The molecule has 0 bridgehead atoms. The summed E-state index contributed by atoms with van der Waals surface area (Å²) >= 11 is 0. The van der Waals surface area contributed by atoms with E-state index in [0.29, 0.717) is 0 Å². The van der Waals surface area contributed by atoms with Crippen LogP contribution in [0.4, 0.5) is 0 Å². The molecule has 1 N–H and O–H groups in total. The quantitative estimate of drug-likeness (QED) is 0.576. The number of carbonyl (C=O) groups is 2. The first-order valence-electron chi connectivity index (χ1n) is 2.34. The van der Waals surface area contributed by atoms with Gasteiger partial charge in [0.1, 0.15) is 5.78 Å². The van der Waals surface area contributed by atoms with Crippen molar-refractivity contribution < 1.29 is 17.5 Å². The van der Waals surface area contributed by atoms with Crippen LogP contribution in [0.3, 0.4) is 0 Å². The molecule has 0 amide bonds. The molecular formula is C5H10MgO3. The summed E-state index contributed by atoms with van der Waals surface area (Å²) in [7, 11) is 0. The maximum Gasteiger partial charge on any atom is 2.00 e. The Hall–Kier alpha value is -0.0938. The van der Waals surface area contributed by atoms with Crippen molar-refractivity contribution in [1.82, 2.24) is 0 Å². The summed E-state index contributed by atoms with van der Waals surface area (Å²) in [5.41, 5.74) is 0. The van der Waals surface area contributed by atoms with Crippen LogP contribution in [0, 0.1) is 0 Å². The van der Waals surface area contributed by atoms with Crippen LogP contribution < -0.4 is 0 Å². The molecule has 0 rings (SSSR count).